The standard InChI is InChI=1S/C16H26N2O2/c1-2-3-14-20-16(19)18-13-7-9-15(18)8-6-12-17-10-4-5-11-17/h15H,2-5,7,9-14H2,1H3. The monoisotopic (exact) mass is 278 g/mol. The summed E-state index contributed by atoms with van der Waals surface area (Å²) in [5.41, 5.74) is 0. The number of ether oxygens (including phenoxy) is 1. The molecule has 0 aromatic heterocycles. The number of nitrogens with zero attached hydrogens (tertiary/aromatic N) is 2. The average Bonchev–Trinajstić information content (AvgIpc) is 3.10. The highest BCUT2D eigenvalue weighted by Gasteiger charge is 2.28. The fourth-order valence-corrected chi connectivity index (χ4v) is 2.74. The molecule has 0 spiro atoms. The van der Waals surface area contributed by atoms with Crippen LogP contribution in [0, 0.1) is 11.8 Å². The molecule has 0 N–H and O–H groups in total. The van der Waals surface area contributed by atoms with Crippen molar-refractivity contribution in [1.82, 2.24) is 9.80 Å². The van der Waals surface area contributed by atoms with Crippen LogP contribution >= 0.6 is 0 Å². The van der Waals surface area contributed by atoms with Gasteiger partial charge in [-0.2, -0.15) is 0 Å². The van der Waals surface area contributed by atoms with Crippen molar-refractivity contribution in [1.29, 1.82) is 0 Å². The summed E-state index contributed by atoms with van der Waals surface area (Å²) in [6.07, 6.45) is 6.40. The Morgan fingerprint density at radius 3 is 2.80 bits per heavy atom. The van der Waals surface area contributed by atoms with Crippen LogP contribution in [0.2, 0.25) is 0 Å². The van der Waals surface area contributed by atoms with Crippen molar-refractivity contribution >= 4 is 6.09 Å². The Balaban J connectivity index is 1.77. The third-order valence-electron chi connectivity index (χ3n) is 3.98. The van der Waals surface area contributed by atoms with Gasteiger partial charge in [-0.1, -0.05) is 25.2 Å². The predicted octanol–water partition coefficient (Wildman–Crippen LogP) is 2.49. The van der Waals surface area contributed by atoms with Crippen LogP contribution in [-0.4, -0.2) is 54.7 Å². The fraction of sp³-hybridized carbons (Fsp3) is 0.812. The molecular weight excluding hydrogens is 252 g/mol. The molecule has 0 aliphatic carbocycles. The van der Waals surface area contributed by atoms with Crippen molar-refractivity contribution in [3.8, 4) is 11.8 Å². The summed E-state index contributed by atoms with van der Waals surface area (Å²) in [5, 5.41) is 0. The van der Waals surface area contributed by atoms with Crippen molar-refractivity contribution in [3.63, 3.8) is 0 Å². The maximum absolute atomic E-state index is 12.0. The number of unbranched alkanes of at least 4 members (excludes halogenated alkanes) is 1. The highest BCUT2D eigenvalue weighted by Crippen LogP contribution is 2.17. The summed E-state index contributed by atoms with van der Waals surface area (Å²) >= 11 is 0. The molecule has 2 rings (SSSR count). The van der Waals surface area contributed by atoms with Crippen molar-refractivity contribution in [3.05, 3.63) is 0 Å². The first-order valence-corrected chi connectivity index (χ1v) is 7.95. The molecule has 4 heteroatoms. The van der Waals surface area contributed by atoms with Gasteiger partial charge in [-0.25, -0.2) is 4.79 Å². The van der Waals surface area contributed by atoms with Crippen molar-refractivity contribution in [2.75, 3.05) is 32.8 Å². The zero-order valence-electron chi connectivity index (χ0n) is 12.6. The molecule has 2 heterocycles. The first-order valence-electron chi connectivity index (χ1n) is 7.95. The second-order valence-electron chi connectivity index (χ2n) is 5.62. The van der Waals surface area contributed by atoms with E-state index in [4.69, 9.17) is 4.74 Å². The zero-order valence-corrected chi connectivity index (χ0v) is 12.6. The van der Waals surface area contributed by atoms with E-state index >= 15 is 0 Å². The minimum atomic E-state index is -0.184. The molecule has 1 amide bonds. The molecule has 0 bridgehead atoms. The van der Waals surface area contributed by atoms with Crippen LogP contribution in [0.3, 0.4) is 0 Å². The summed E-state index contributed by atoms with van der Waals surface area (Å²) < 4.78 is 5.29. The minimum absolute atomic E-state index is 0.0618. The molecule has 20 heavy (non-hydrogen) atoms. The number of hydrogen-bond acceptors (Lipinski definition) is 3. The van der Waals surface area contributed by atoms with Crippen molar-refractivity contribution < 1.29 is 9.53 Å². The summed E-state index contributed by atoms with van der Waals surface area (Å²) in [4.78, 5) is 16.2. The normalized spacial score (nSPS) is 22.6. The zero-order chi connectivity index (χ0) is 14.2. The predicted molar refractivity (Wildman–Crippen MR) is 79.4 cm³/mol. The third kappa shape index (κ3) is 4.42. The van der Waals surface area contributed by atoms with Gasteiger partial charge in [0.15, 0.2) is 0 Å². The Labute approximate surface area is 122 Å². The van der Waals surface area contributed by atoms with Crippen LogP contribution in [0.1, 0.15) is 45.4 Å². The first kappa shape index (κ1) is 15.2. The second-order valence-corrected chi connectivity index (χ2v) is 5.62. The third-order valence-corrected chi connectivity index (χ3v) is 3.98. The largest absolute Gasteiger partial charge is 0.449 e. The molecule has 2 fully saturated rings. The molecule has 4 nitrogen and oxygen atoms in total. The quantitative estimate of drug-likeness (QED) is 0.585. The van der Waals surface area contributed by atoms with Gasteiger partial charge in [0.25, 0.3) is 0 Å². The lowest BCUT2D eigenvalue weighted by Crippen LogP contribution is -2.35. The van der Waals surface area contributed by atoms with Gasteiger partial charge in [-0.15, -0.1) is 0 Å². The van der Waals surface area contributed by atoms with Crippen molar-refractivity contribution in [2.45, 2.75) is 51.5 Å². The molecule has 2 saturated heterocycles. The molecule has 2 aliphatic rings. The van der Waals surface area contributed by atoms with E-state index in [1.807, 2.05) is 0 Å². The Morgan fingerprint density at radius 2 is 2.05 bits per heavy atom. The Kier molecular flexibility index (Phi) is 6.20. The Morgan fingerprint density at radius 1 is 1.25 bits per heavy atom. The van der Waals surface area contributed by atoms with Gasteiger partial charge < -0.3 is 4.74 Å². The highest BCUT2D eigenvalue weighted by atomic mass is 16.6. The molecule has 1 atom stereocenters. The summed E-state index contributed by atoms with van der Waals surface area (Å²) in [6.45, 7) is 6.59. The lowest BCUT2D eigenvalue weighted by atomic mass is 10.2. The van der Waals surface area contributed by atoms with Gasteiger partial charge >= 0.3 is 6.09 Å². The van der Waals surface area contributed by atoms with E-state index in [1.54, 1.807) is 4.90 Å². The van der Waals surface area contributed by atoms with E-state index in [0.29, 0.717) is 6.61 Å². The van der Waals surface area contributed by atoms with Crippen LogP contribution in [0.25, 0.3) is 0 Å². The van der Waals surface area contributed by atoms with Gasteiger partial charge in [0.2, 0.25) is 0 Å². The molecule has 112 valence electrons. The Bertz CT molecular complexity index is 366. The van der Waals surface area contributed by atoms with Crippen molar-refractivity contribution in [2.24, 2.45) is 0 Å². The van der Waals surface area contributed by atoms with Crippen LogP contribution in [0.5, 0.6) is 0 Å². The van der Waals surface area contributed by atoms with E-state index in [9.17, 15) is 4.79 Å². The molecule has 1 unspecified atom stereocenters. The number of hydrogen-bond donors (Lipinski definition) is 0. The number of carbonyl (C=O) groups excluding carboxylic acids is 1. The summed E-state index contributed by atoms with van der Waals surface area (Å²) in [5.74, 6) is 6.51. The summed E-state index contributed by atoms with van der Waals surface area (Å²) in [7, 11) is 0. The van der Waals surface area contributed by atoms with Gasteiger partial charge in [0.1, 0.15) is 0 Å². The van der Waals surface area contributed by atoms with E-state index in [-0.39, 0.29) is 12.1 Å². The number of likely N-dealkylation sites (tertiary alicyclic amines) is 2. The SMILES string of the molecule is CCCCOC(=O)N1CCCC1C#CCN1CCCC1. The number of rotatable bonds is 4. The highest BCUT2D eigenvalue weighted by molar-refractivity contribution is 5.69. The van der Waals surface area contributed by atoms with Gasteiger partial charge in [-0.3, -0.25) is 9.80 Å². The maximum Gasteiger partial charge on any atom is 0.410 e. The Hall–Kier alpha value is -1.21. The fourth-order valence-electron chi connectivity index (χ4n) is 2.74. The summed E-state index contributed by atoms with van der Waals surface area (Å²) in [6, 6.07) is 0.0618. The van der Waals surface area contributed by atoms with Gasteiger partial charge in [-0.05, 0) is 45.2 Å². The van der Waals surface area contributed by atoms with E-state index in [0.717, 1.165) is 38.8 Å². The maximum atomic E-state index is 12.0. The molecule has 0 saturated carbocycles. The number of amides is 1. The van der Waals surface area contributed by atoms with Crippen LogP contribution in [0.4, 0.5) is 4.79 Å². The molecule has 2 aliphatic heterocycles. The van der Waals surface area contributed by atoms with Crippen LogP contribution < -0.4 is 0 Å². The molecule has 0 aromatic carbocycles. The van der Waals surface area contributed by atoms with Gasteiger partial charge in [0, 0.05) is 6.54 Å². The van der Waals surface area contributed by atoms with E-state index < -0.39 is 0 Å². The molecular formula is C16H26N2O2. The lowest BCUT2D eigenvalue weighted by Gasteiger charge is -2.20. The first-order chi connectivity index (χ1) is 9.81. The minimum Gasteiger partial charge on any atom is -0.449 e. The van der Waals surface area contributed by atoms with Crippen LogP contribution in [-0.2, 0) is 4.74 Å². The van der Waals surface area contributed by atoms with Gasteiger partial charge in [0.05, 0.1) is 19.2 Å². The molecule has 0 aromatic rings. The van der Waals surface area contributed by atoms with E-state index in [2.05, 4.69) is 23.7 Å². The lowest BCUT2D eigenvalue weighted by molar-refractivity contribution is 0.103. The van der Waals surface area contributed by atoms with Crippen LogP contribution in [0.15, 0.2) is 0 Å². The second kappa shape index (κ2) is 8.16. The van der Waals surface area contributed by atoms with E-state index in [1.165, 1.54) is 25.9 Å². The smallest absolute Gasteiger partial charge is 0.410 e. The molecule has 0 radical (unpaired) electrons. The average molecular weight is 278 g/mol. The number of carbonyl (C=O) groups is 1. The topological polar surface area (TPSA) is 32.8 Å².